The van der Waals surface area contributed by atoms with Gasteiger partial charge >= 0.3 is 0 Å². The first-order valence-corrected chi connectivity index (χ1v) is 10.2. The van der Waals surface area contributed by atoms with E-state index in [0.717, 1.165) is 10.0 Å². The molecular weight excluding hydrogens is 436 g/mol. The molecule has 0 heterocycles. The summed E-state index contributed by atoms with van der Waals surface area (Å²) < 4.78 is 6.28. The molecule has 0 atom stereocenters. The van der Waals surface area contributed by atoms with Crippen LogP contribution in [0.1, 0.15) is 35.7 Å². The van der Waals surface area contributed by atoms with Crippen molar-refractivity contribution in [3.05, 3.63) is 58.1 Å². The summed E-state index contributed by atoms with van der Waals surface area (Å²) in [5, 5.41) is 2.80. The van der Waals surface area contributed by atoms with Gasteiger partial charge in [0.25, 0.3) is 0 Å². The van der Waals surface area contributed by atoms with E-state index in [1.54, 1.807) is 37.4 Å². The van der Waals surface area contributed by atoms with E-state index in [-0.39, 0.29) is 37.0 Å². The molecule has 154 valence electrons. The Kier molecular flexibility index (Phi) is 8.39. The number of hydrogen-bond acceptors (Lipinski definition) is 4. The average Bonchev–Trinajstić information content (AvgIpc) is 2.68. The highest BCUT2D eigenvalue weighted by Gasteiger charge is 2.16. The summed E-state index contributed by atoms with van der Waals surface area (Å²) in [4.78, 5) is 38.1. The van der Waals surface area contributed by atoms with Gasteiger partial charge in [-0.05, 0) is 61.9 Å². The Hall–Kier alpha value is -2.67. The maximum absolute atomic E-state index is 12.3. The molecule has 0 aliphatic heterocycles. The molecule has 0 saturated heterocycles. The van der Waals surface area contributed by atoms with Gasteiger partial charge in [0.15, 0.2) is 5.78 Å². The second-order valence-electron chi connectivity index (χ2n) is 6.64. The van der Waals surface area contributed by atoms with E-state index in [1.807, 2.05) is 26.0 Å². The lowest BCUT2D eigenvalue weighted by molar-refractivity contribution is -0.133. The van der Waals surface area contributed by atoms with E-state index >= 15 is 0 Å². The number of ketones is 1. The van der Waals surface area contributed by atoms with Crippen LogP contribution in [0.4, 0.5) is 5.69 Å². The molecule has 0 radical (unpaired) electrons. The zero-order chi connectivity index (χ0) is 21.4. The SMILES string of the molecule is CCOc1ccc(C(=O)CCC(=O)N(C)CC(=O)Nc2ccc(Br)cc2C)cc1. The number of anilines is 1. The van der Waals surface area contributed by atoms with Gasteiger partial charge in [0.1, 0.15) is 5.75 Å². The first-order chi connectivity index (χ1) is 13.8. The van der Waals surface area contributed by atoms with Gasteiger partial charge in [-0.2, -0.15) is 0 Å². The summed E-state index contributed by atoms with van der Waals surface area (Å²) in [7, 11) is 1.55. The van der Waals surface area contributed by atoms with Crippen molar-refractivity contribution in [3.63, 3.8) is 0 Å². The molecule has 0 aliphatic carbocycles. The molecule has 2 aromatic carbocycles. The highest BCUT2D eigenvalue weighted by Crippen LogP contribution is 2.20. The summed E-state index contributed by atoms with van der Waals surface area (Å²) in [6, 6.07) is 12.4. The number of hydrogen-bond donors (Lipinski definition) is 1. The molecule has 2 amide bonds. The molecule has 0 bridgehead atoms. The number of carbonyl (C=O) groups is 3. The Bertz CT molecular complexity index is 881. The number of Topliss-reactive ketones (excluding diaryl/α,β-unsaturated/α-hetero) is 1. The minimum atomic E-state index is -0.288. The quantitative estimate of drug-likeness (QED) is 0.568. The number of nitrogens with zero attached hydrogens (tertiary/aromatic N) is 1. The van der Waals surface area contributed by atoms with Gasteiger partial charge in [-0.15, -0.1) is 0 Å². The second kappa shape index (κ2) is 10.8. The molecule has 6 nitrogen and oxygen atoms in total. The minimum absolute atomic E-state index is 0.0487. The van der Waals surface area contributed by atoms with Gasteiger partial charge in [-0.3, -0.25) is 14.4 Å². The molecule has 29 heavy (non-hydrogen) atoms. The van der Waals surface area contributed by atoms with Gasteiger partial charge in [-0.25, -0.2) is 0 Å². The lowest BCUT2D eigenvalue weighted by atomic mass is 10.1. The normalized spacial score (nSPS) is 10.3. The number of aryl methyl sites for hydroxylation is 1. The van der Waals surface area contributed by atoms with Crippen molar-refractivity contribution in [1.82, 2.24) is 4.90 Å². The zero-order valence-corrected chi connectivity index (χ0v) is 18.4. The van der Waals surface area contributed by atoms with Crippen LogP contribution in [0.3, 0.4) is 0 Å². The second-order valence-corrected chi connectivity index (χ2v) is 7.55. The number of carbonyl (C=O) groups excluding carboxylic acids is 3. The standard InChI is InChI=1S/C22H25BrN2O4/c1-4-29-18-8-5-16(6-9-18)20(26)11-12-22(28)25(3)14-21(27)24-19-10-7-17(23)13-15(19)2/h5-10,13H,4,11-12,14H2,1-3H3,(H,24,27). The topological polar surface area (TPSA) is 75.7 Å². The van der Waals surface area contributed by atoms with Crippen LogP contribution in [0, 0.1) is 6.92 Å². The number of likely N-dealkylation sites (N-methyl/N-ethyl adjacent to an activating group) is 1. The molecule has 0 aliphatic rings. The lowest BCUT2D eigenvalue weighted by Crippen LogP contribution is -2.35. The van der Waals surface area contributed by atoms with Crippen LogP contribution in [0.25, 0.3) is 0 Å². The van der Waals surface area contributed by atoms with Crippen molar-refractivity contribution < 1.29 is 19.1 Å². The van der Waals surface area contributed by atoms with Gasteiger partial charge in [0, 0.05) is 35.6 Å². The Morgan fingerprint density at radius 1 is 1.07 bits per heavy atom. The molecule has 2 aromatic rings. The summed E-state index contributed by atoms with van der Waals surface area (Å²) in [5.41, 5.74) is 2.15. The maximum atomic E-state index is 12.3. The third kappa shape index (κ3) is 7.02. The van der Waals surface area contributed by atoms with Crippen molar-refractivity contribution >= 4 is 39.2 Å². The molecule has 2 rings (SSSR count). The van der Waals surface area contributed by atoms with Crippen LogP contribution in [0.15, 0.2) is 46.9 Å². The molecule has 0 fully saturated rings. The fraction of sp³-hybridized carbons (Fsp3) is 0.318. The summed E-state index contributed by atoms with van der Waals surface area (Å²) in [5.74, 6) is 0.0349. The highest BCUT2D eigenvalue weighted by atomic mass is 79.9. The van der Waals surface area contributed by atoms with Crippen LogP contribution in [-0.2, 0) is 9.59 Å². The maximum Gasteiger partial charge on any atom is 0.243 e. The average molecular weight is 461 g/mol. The van der Waals surface area contributed by atoms with Gasteiger partial charge in [0.05, 0.1) is 13.2 Å². The Morgan fingerprint density at radius 2 is 1.76 bits per heavy atom. The van der Waals surface area contributed by atoms with Crippen LogP contribution in [-0.4, -0.2) is 42.7 Å². The third-order valence-corrected chi connectivity index (χ3v) is 4.82. The molecule has 0 saturated carbocycles. The Labute approximate surface area is 179 Å². The lowest BCUT2D eigenvalue weighted by Gasteiger charge is -2.17. The fourth-order valence-electron chi connectivity index (χ4n) is 2.72. The van der Waals surface area contributed by atoms with Crippen LogP contribution in [0.2, 0.25) is 0 Å². The predicted octanol–water partition coefficient (Wildman–Crippen LogP) is 4.22. The van der Waals surface area contributed by atoms with E-state index < -0.39 is 0 Å². The third-order valence-electron chi connectivity index (χ3n) is 4.32. The van der Waals surface area contributed by atoms with Crippen LogP contribution in [0.5, 0.6) is 5.75 Å². The Morgan fingerprint density at radius 3 is 2.38 bits per heavy atom. The number of nitrogens with one attached hydrogen (secondary N) is 1. The van der Waals surface area contributed by atoms with E-state index in [9.17, 15) is 14.4 Å². The number of rotatable bonds is 9. The highest BCUT2D eigenvalue weighted by molar-refractivity contribution is 9.10. The first kappa shape index (κ1) is 22.6. The molecule has 0 unspecified atom stereocenters. The summed E-state index contributed by atoms with van der Waals surface area (Å²) >= 11 is 3.38. The largest absolute Gasteiger partial charge is 0.494 e. The van der Waals surface area contributed by atoms with E-state index in [1.165, 1.54) is 4.90 Å². The molecule has 1 N–H and O–H groups in total. The van der Waals surface area contributed by atoms with Crippen molar-refractivity contribution in [3.8, 4) is 5.75 Å². The van der Waals surface area contributed by atoms with Crippen molar-refractivity contribution in [2.24, 2.45) is 0 Å². The van der Waals surface area contributed by atoms with E-state index in [2.05, 4.69) is 21.2 Å². The van der Waals surface area contributed by atoms with Crippen molar-refractivity contribution in [2.45, 2.75) is 26.7 Å². The minimum Gasteiger partial charge on any atom is -0.494 e. The number of halogens is 1. The molecule has 0 spiro atoms. The van der Waals surface area contributed by atoms with Crippen molar-refractivity contribution in [1.29, 1.82) is 0 Å². The number of amides is 2. The number of benzene rings is 2. The number of ether oxygens (including phenoxy) is 1. The molecular formula is C22H25BrN2O4. The zero-order valence-electron chi connectivity index (χ0n) is 16.8. The van der Waals surface area contributed by atoms with Crippen molar-refractivity contribution in [2.75, 3.05) is 25.5 Å². The summed E-state index contributed by atoms with van der Waals surface area (Å²) in [6.45, 7) is 4.26. The van der Waals surface area contributed by atoms with Crippen LogP contribution < -0.4 is 10.1 Å². The summed E-state index contributed by atoms with van der Waals surface area (Å²) in [6.07, 6.45) is 0.137. The van der Waals surface area contributed by atoms with Crippen LogP contribution >= 0.6 is 15.9 Å². The smallest absolute Gasteiger partial charge is 0.243 e. The van der Waals surface area contributed by atoms with Gasteiger partial charge in [-0.1, -0.05) is 15.9 Å². The van der Waals surface area contributed by atoms with E-state index in [4.69, 9.17) is 4.74 Å². The van der Waals surface area contributed by atoms with Gasteiger partial charge < -0.3 is 15.0 Å². The van der Waals surface area contributed by atoms with E-state index in [0.29, 0.717) is 23.6 Å². The van der Waals surface area contributed by atoms with Gasteiger partial charge in [0.2, 0.25) is 11.8 Å². The first-order valence-electron chi connectivity index (χ1n) is 9.36. The molecule has 0 aromatic heterocycles. The molecule has 7 heteroatoms. The Balaban J connectivity index is 1.81. The monoisotopic (exact) mass is 460 g/mol. The fourth-order valence-corrected chi connectivity index (χ4v) is 3.20. The predicted molar refractivity (Wildman–Crippen MR) is 116 cm³/mol.